The van der Waals surface area contributed by atoms with E-state index in [1.54, 1.807) is 0 Å². The van der Waals surface area contributed by atoms with Gasteiger partial charge in [-0.05, 0) is 0 Å². The van der Waals surface area contributed by atoms with Gasteiger partial charge in [0.05, 0.1) is 12.6 Å². The lowest BCUT2D eigenvalue weighted by molar-refractivity contribution is -0.230. The van der Waals surface area contributed by atoms with Gasteiger partial charge in [0.15, 0.2) is 6.10 Å². The van der Waals surface area contributed by atoms with Crippen molar-refractivity contribution in [3.05, 3.63) is 0 Å². The molecule has 0 bridgehead atoms. The van der Waals surface area contributed by atoms with Crippen molar-refractivity contribution in [2.75, 3.05) is 6.61 Å². The van der Waals surface area contributed by atoms with E-state index in [1.807, 2.05) is 0 Å². The maximum absolute atomic E-state index is 11.1. The molecule has 0 radical (unpaired) electrons. The quantitative estimate of drug-likeness (QED) is 0.265. The fourth-order valence-corrected chi connectivity index (χ4v) is 2.14. The highest BCUT2D eigenvalue weighted by atomic mass is 16.6. The van der Waals surface area contributed by atoms with Crippen LogP contribution in [0.4, 0.5) is 0 Å². The molecule has 10 heteroatoms. The highest BCUT2D eigenvalue weighted by Gasteiger charge is 2.51. The van der Waals surface area contributed by atoms with Crippen LogP contribution < -0.4 is 5.32 Å². The van der Waals surface area contributed by atoms with Crippen LogP contribution in [-0.2, 0) is 14.3 Å². The number of aliphatic hydroxyl groups excluding tert-OH is 5. The van der Waals surface area contributed by atoms with E-state index in [0.717, 1.165) is 6.92 Å². The van der Waals surface area contributed by atoms with Crippen LogP contribution in [0.2, 0.25) is 0 Å². The second-order valence-electron chi connectivity index (χ2n) is 4.81. The Labute approximate surface area is 119 Å². The van der Waals surface area contributed by atoms with E-state index in [0.29, 0.717) is 0 Å². The highest BCUT2D eigenvalue weighted by molar-refractivity contribution is 5.77. The number of ether oxygens (including phenoxy) is 1. The van der Waals surface area contributed by atoms with E-state index in [-0.39, 0.29) is 0 Å². The molecule has 7 N–H and O–H groups in total. The van der Waals surface area contributed by atoms with Gasteiger partial charge in [0, 0.05) is 6.92 Å². The predicted octanol–water partition coefficient (Wildman–Crippen LogP) is -4.22. The SMILES string of the molecule is CC(=O)NC1C(C(=O)O)OC(C(O)C(O)CO)C(O)C1O. The highest BCUT2D eigenvalue weighted by Crippen LogP contribution is 2.25. The summed E-state index contributed by atoms with van der Waals surface area (Å²) in [6.07, 6.45) is -10.4. The van der Waals surface area contributed by atoms with Crippen LogP contribution in [0, 0.1) is 0 Å². The Morgan fingerprint density at radius 2 is 1.81 bits per heavy atom. The Balaban J connectivity index is 2.99. The Hall–Kier alpha value is -1.30. The zero-order valence-corrected chi connectivity index (χ0v) is 11.2. The second-order valence-corrected chi connectivity index (χ2v) is 4.81. The minimum absolute atomic E-state index is 0.643. The van der Waals surface area contributed by atoms with Crippen molar-refractivity contribution in [3.8, 4) is 0 Å². The summed E-state index contributed by atoms with van der Waals surface area (Å²) in [5, 5.41) is 58.8. The fraction of sp³-hybridized carbons (Fsp3) is 0.818. The summed E-state index contributed by atoms with van der Waals surface area (Å²) in [5.41, 5.74) is 0. The van der Waals surface area contributed by atoms with E-state index in [1.165, 1.54) is 0 Å². The van der Waals surface area contributed by atoms with E-state index < -0.39 is 61.1 Å². The first-order valence-electron chi connectivity index (χ1n) is 6.19. The molecule has 0 aromatic carbocycles. The average Bonchev–Trinajstić information content (AvgIpc) is 2.41. The molecule has 1 aliphatic heterocycles. The van der Waals surface area contributed by atoms with Gasteiger partial charge in [0.1, 0.15) is 30.5 Å². The summed E-state index contributed by atoms with van der Waals surface area (Å²) in [7, 11) is 0. The molecule has 1 rings (SSSR count). The summed E-state index contributed by atoms with van der Waals surface area (Å²) in [5.74, 6) is -2.18. The topological polar surface area (TPSA) is 177 Å². The Morgan fingerprint density at radius 3 is 2.24 bits per heavy atom. The first kappa shape index (κ1) is 17.8. The molecule has 0 saturated carbocycles. The molecule has 7 unspecified atom stereocenters. The van der Waals surface area contributed by atoms with Crippen molar-refractivity contribution in [1.29, 1.82) is 0 Å². The molecule has 0 spiro atoms. The van der Waals surface area contributed by atoms with Gasteiger partial charge in [-0.2, -0.15) is 0 Å². The maximum Gasteiger partial charge on any atom is 0.335 e. The first-order valence-corrected chi connectivity index (χ1v) is 6.19. The maximum atomic E-state index is 11.1. The molecule has 122 valence electrons. The normalized spacial score (nSPS) is 35.8. The third-order valence-electron chi connectivity index (χ3n) is 3.22. The molecular weight excluding hydrogens is 290 g/mol. The van der Waals surface area contributed by atoms with Crippen molar-refractivity contribution < 1.29 is 45.0 Å². The Bertz CT molecular complexity index is 390. The number of aliphatic carboxylic acids is 1. The summed E-state index contributed by atoms with van der Waals surface area (Å²) in [4.78, 5) is 22.2. The number of carbonyl (C=O) groups excluding carboxylic acids is 1. The van der Waals surface area contributed by atoms with E-state index in [2.05, 4.69) is 5.32 Å². The number of amides is 1. The summed E-state index contributed by atoms with van der Waals surface area (Å²) in [6.45, 7) is 0.241. The Kier molecular flexibility index (Phi) is 6.01. The minimum atomic E-state index is -1.82. The average molecular weight is 309 g/mol. The van der Waals surface area contributed by atoms with Crippen molar-refractivity contribution in [2.24, 2.45) is 0 Å². The number of hydrogen-bond acceptors (Lipinski definition) is 8. The number of nitrogens with one attached hydrogen (secondary N) is 1. The van der Waals surface area contributed by atoms with Crippen molar-refractivity contribution in [1.82, 2.24) is 5.32 Å². The number of aliphatic hydroxyl groups is 5. The predicted molar refractivity (Wildman–Crippen MR) is 65.0 cm³/mol. The number of rotatable bonds is 5. The van der Waals surface area contributed by atoms with Crippen LogP contribution in [0.3, 0.4) is 0 Å². The van der Waals surface area contributed by atoms with Crippen LogP contribution in [0.5, 0.6) is 0 Å². The summed E-state index contributed by atoms with van der Waals surface area (Å²) < 4.78 is 4.98. The van der Waals surface area contributed by atoms with Gasteiger partial charge in [-0.3, -0.25) is 4.79 Å². The van der Waals surface area contributed by atoms with Crippen molar-refractivity contribution in [2.45, 2.75) is 49.6 Å². The molecule has 0 aliphatic carbocycles. The van der Waals surface area contributed by atoms with Crippen LogP contribution in [-0.4, -0.2) is 91.8 Å². The summed E-state index contributed by atoms with van der Waals surface area (Å²) >= 11 is 0. The number of carboxylic acids is 1. The molecule has 7 atom stereocenters. The molecule has 1 amide bonds. The van der Waals surface area contributed by atoms with Crippen LogP contribution in [0.15, 0.2) is 0 Å². The lowest BCUT2D eigenvalue weighted by Crippen LogP contribution is -2.68. The zero-order valence-electron chi connectivity index (χ0n) is 11.2. The van der Waals surface area contributed by atoms with Crippen LogP contribution in [0.25, 0.3) is 0 Å². The molecule has 1 fully saturated rings. The number of carbonyl (C=O) groups is 2. The Morgan fingerprint density at radius 1 is 1.24 bits per heavy atom. The van der Waals surface area contributed by atoms with Gasteiger partial charge in [0.25, 0.3) is 0 Å². The summed E-state index contributed by atoms with van der Waals surface area (Å²) in [6, 6.07) is -1.43. The smallest absolute Gasteiger partial charge is 0.335 e. The largest absolute Gasteiger partial charge is 0.479 e. The third kappa shape index (κ3) is 3.87. The molecule has 1 heterocycles. The van der Waals surface area contributed by atoms with Gasteiger partial charge in [-0.15, -0.1) is 0 Å². The van der Waals surface area contributed by atoms with Crippen LogP contribution >= 0.6 is 0 Å². The molecule has 0 aromatic rings. The van der Waals surface area contributed by atoms with Gasteiger partial charge in [-0.1, -0.05) is 0 Å². The van der Waals surface area contributed by atoms with Crippen molar-refractivity contribution >= 4 is 11.9 Å². The molecular formula is C11H19NO9. The van der Waals surface area contributed by atoms with Gasteiger partial charge >= 0.3 is 5.97 Å². The molecule has 10 nitrogen and oxygen atoms in total. The van der Waals surface area contributed by atoms with Gasteiger partial charge < -0.3 is 40.7 Å². The van der Waals surface area contributed by atoms with Gasteiger partial charge in [0.2, 0.25) is 5.91 Å². The first-order chi connectivity index (χ1) is 9.70. The molecule has 1 saturated heterocycles. The third-order valence-corrected chi connectivity index (χ3v) is 3.22. The molecule has 0 aromatic heterocycles. The standard InChI is InChI=1S/C11H19NO9/c1-3(14)12-5-7(17)8(18)10(6(16)4(15)2-13)21-9(5)11(19)20/h4-10,13,15-18H,2H2,1H3,(H,12,14)(H,19,20). The lowest BCUT2D eigenvalue weighted by Gasteiger charge is -2.43. The van der Waals surface area contributed by atoms with Gasteiger partial charge in [-0.25, -0.2) is 4.79 Å². The fourth-order valence-electron chi connectivity index (χ4n) is 2.14. The van der Waals surface area contributed by atoms with E-state index >= 15 is 0 Å². The van der Waals surface area contributed by atoms with E-state index in [9.17, 15) is 30.0 Å². The molecule has 1 aliphatic rings. The zero-order chi connectivity index (χ0) is 16.3. The number of carboxylic acid groups (broad SMARTS) is 1. The lowest BCUT2D eigenvalue weighted by atomic mass is 9.89. The monoisotopic (exact) mass is 309 g/mol. The van der Waals surface area contributed by atoms with Crippen molar-refractivity contribution in [3.63, 3.8) is 0 Å². The number of hydrogen-bond donors (Lipinski definition) is 7. The minimum Gasteiger partial charge on any atom is -0.479 e. The van der Waals surface area contributed by atoms with E-state index in [4.69, 9.17) is 14.9 Å². The molecule has 21 heavy (non-hydrogen) atoms. The second kappa shape index (κ2) is 7.11. The van der Waals surface area contributed by atoms with Crippen LogP contribution in [0.1, 0.15) is 6.92 Å².